The molecule has 2 N–H and O–H groups in total. The molecule has 1 aromatic heterocycles. The van der Waals surface area contributed by atoms with Crippen LogP contribution in [-0.2, 0) is 0 Å². The Kier molecular flexibility index (Phi) is 2.18. The number of thiophene rings is 1. The number of carbonyl (C=O) groups is 1. The number of primary amides is 1. The molecule has 1 rings (SSSR count). The molecular formula is C5H3Cl2NOS. The summed E-state index contributed by atoms with van der Waals surface area (Å²) in [5.41, 5.74) is 5.24. The minimum Gasteiger partial charge on any atom is -0.366 e. The van der Waals surface area contributed by atoms with E-state index in [1.54, 1.807) is 0 Å². The number of nitrogens with two attached hydrogens (primary N) is 1. The lowest BCUT2D eigenvalue weighted by atomic mass is 10.3. The number of halogens is 2. The lowest BCUT2D eigenvalue weighted by Gasteiger charge is -1.85. The van der Waals surface area contributed by atoms with E-state index in [9.17, 15) is 4.79 Å². The highest BCUT2D eigenvalue weighted by atomic mass is 35.5. The SMILES string of the molecule is NC(=O)c1cc(Cl)sc1Cl. The smallest absolute Gasteiger partial charge is 0.251 e. The molecule has 0 bridgehead atoms. The van der Waals surface area contributed by atoms with Crippen LogP contribution in [0.2, 0.25) is 8.67 Å². The van der Waals surface area contributed by atoms with Crippen molar-refractivity contribution in [2.75, 3.05) is 0 Å². The minimum absolute atomic E-state index is 0.289. The summed E-state index contributed by atoms with van der Waals surface area (Å²) in [6, 6.07) is 1.46. The molecule has 0 aliphatic heterocycles. The fraction of sp³-hybridized carbons (Fsp3) is 0. The highest BCUT2D eigenvalue weighted by molar-refractivity contribution is 7.20. The zero-order valence-electron chi connectivity index (χ0n) is 4.73. The topological polar surface area (TPSA) is 43.1 Å². The second kappa shape index (κ2) is 2.78. The van der Waals surface area contributed by atoms with Gasteiger partial charge in [-0.2, -0.15) is 0 Å². The van der Waals surface area contributed by atoms with Crippen LogP contribution in [0.25, 0.3) is 0 Å². The molecule has 54 valence electrons. The van der Waals surface area contributed by atoms with Crippen LogP contribution < -0.4 is 5.73 Å². The first-order valence-electron chi connectivity index (χ1n) is 2.36. The molecule has 5 heteroatoms. The molecule has 0 aromatic carbocycles. The van der Waals surface area contributed by atoms with Crippen molar-refractivity contribution in [1.29, 1.82) is 0 Å². The predicted octanol–water partition coefficient (Wildman–Crippen LogP) is 2.15. The molecule has 0 aliphatic carbocycles. The average Bonchev–Trinajstić information content (AvgIpc) is 2.10. The van der Waals surface area contributed by atoms with Crippen LogP contribution >= 0.6 is 34.5 Å². The van der Waals surface area contributed by atoms with Gasteiger partial charge in [0.2, 0.25) is 0 Å². The number of hydrogen-bond acceptors (Lipinski definition) is 2. The van der Waals surface area contributed by atoms with Crippen molar-refractivity contribution in [2.45, 2.75) is 0 Å². The number of hydrogen-bond donors (Lipinski definition) is 1. The average molecular weight is 196 g/mol. The van der Waals surface area contributed by atoms with Gasteiger partial charge in [-0.25, -0.2) is 0 Å². The van der Waals surface area contributed by atoms with Crippen LogP contribution in [0.4, 0.5) is 0 Å². The largest absolute Gasteiger partial charge is 0.366 e. The van der Waals surface area contributed by atoms with Crippen LogP contribution in [0.5, 0.6) is 0 Å². The van der Waals surface area contributed by atoms with Crippen molar-refractivity contribution in [3.63, 3.8) is 0 Å². The summed E-state index contributed by atoms with van der Waals surface area (Å²) < 4.78 is 0.816. The first-order chi connectivity index (χ1) is 4.61. The van der Waals surface area contributed by atoms with Gasteiger partial charge in [-0.3, -0.25) is 4.79 Å². The summed E-state index contributed by atoms with van der Waals surface area (Å²) in [5.74, 6) is -0.548. The van der Waals surface area contributed by atoms with E-state index >= 15 is 0 Å². The molecule has 1 aromatic rings. The summed E-state index contributed by atoms with van der Waals surface area (Å²) >= 11 is 12.2. The molecule has 10 heavy (non-hydrogen) atoms. The molecule has 2 nitrogen and oxygen atoms in total. The molecule has 0 spiro atoms. The highest BCUT2D eigenvalue weighted by Gasteiger charge is 2.09. The molecule has 0 saturated carbocycles. The molecule has 0 atom stereocenters. The van der Waals surface area contributed by atoms with Gasteiger partial charge in [-0.05, 0) is 6.07 Å². The van der Waals surface area contributed by atoms with E-state index in [1.807, 2.05) is 0 Å². The first-order valence-corrected chi connectivity index (χ1v) is 3.93. The van der Waals surface area contributed by atoms with Crippen molar-refractivity contribution in [1.82, 2.24) is 0 Å². The lowest BCUT2D eigenvalue weighted by molar-refractivity contribution is 0.100. The van der Waals surface area contributed by atoms with E-state index in [2.05, 4.69) is 0 Å². The van der Waals surface area contributed by atoms with Gasteiger partial charge in [-0.1, -0.05) is 23.2 Å². The summed E-state index contributed by atoms with van der Waals surface area (Å²) in [7, 11) is 0. The number of amides is 1. The molecule has 1 amide bonds. The molecule has 0 saturated heterocycles. The highest BCUT2D eigenvalue weighted by Crippen LogP contribution is 2.30. The maximum Gasteiger partial charge on any atom is 0.251 e. The maximum atomic E-state index is 10.5. The Labute approximate surface area is 71.5 Å². The third kappa shape index (κ3) is 1.42. The monoisotopic (exact) mass is 195 g/mol. The predicted molar refractivity (Wildman–Crippen MR) is 42.9 cm³/mol. The summed E-state index contributed by atoms with van der Waals surface area (Å²) in [6.07, 6.45) is 0. The third-order valence-electron chi connectivity index (χ3n) is 0.922. The van der Waals surface area contributed by atoms with Gasteiger partial charge in [-0.15, -0.1) is 11.3 Å². The van der Waals surface area contributed by atoms with E-state index in [4.69, 9.17) is 28.9 Å². The molecule has 1 heterocycles. The standard InChI is InChI=1S/C5H3Cl2NOS/c6-3-1-2(5(8)9)4(7)10-3/h1H,(H2,8,9). The lowest BCUT2D eigenvalue weighted by Crippen LogP contribution is -2.09. The van der Waals surface area contributed by atoms with E-state index in [-0.39, 0.29) is 5.56 Å². The fourth-order valence-electron chi connectivity index (χ4n) is 0.508. The van der Waals surface area contributed by atoms with E-state index < -0.39 is 5.91 Å². The third-order valence-corrected chi connectivity index (χ3v) is 2.41. The van der Waals surface area contributed by atoms with Gasteiger partial charge in [0.05, 0.1) is 9.90 Å². The van der Waals surface area contributed by atoms with Gasteiger partial charge in [0.15, 0.2) is 0 Å². The summed E-state index contributed by atoms with van der Waals surface area (Å²) in [6.45, 7) is 0. The van der Waals surface area contributed by atoms with Crippen molar-refractivity contribution in [2.24, 2.45) is 5.73 Å². The molecule has 0 fully saturated rings. The zero-order chi connectivity index (χ0) is 7.72. The van der Waals surface area contributed by atoms with Crippen LogP contribution in [0, 0.1) is 0 Å². The molecular weight excluding hydrogens is 193 g/mol. The van der Waals surface area contributed by atoms with Crippen LogP contribution in [0.1, 0.15) is 10.4 Å². The van der Waals surface area contributed by atoms with E-state index in [0.717, 1.165) is 11.3 Å². The van der Waals surface area contributed by atoms with Gasteiger partial charge in [0.25, 0.3) is 5.91 Å². The fourth-order valence-corrected chi connectivity index (χ4v) is 1.98. The van der Waals surface area contributed by atoms with Gasteiger partial charge in [0, 0.05) is 0 Å². The molecule has 0 unspecified atom stereocenters. The Morgan fingerprint density at radius 3 is 2.40 bits per heavy atom. The van der Waals surface area contributed by atoms with E-state index in [0.29, 0.717) is 8.67 Å². The van der Waals surface area contributed by atoms with Crippen molar-refractivity contribution < 1.29 is 4.79 Å². The Morgan fingerprint density at radius 1 is 1.60 bits per heavy atom. The van der Waals surface area contributed by atoms with Gasteiger partial charge < -0.3 is 5.73 Å². The second-order valence-corrected chi connectivity index (χ2v) is 3.89. The van der Waals surface area contributed by atoms with Crippen molar-refractivity contribution in [3.8, 4) is 0 Å². The normalized spacial score (nSPS) is 9.80. The first kappa shape index (κ1) is 7.85. The van der Waals surface area contributed by atoms with Crippen LogP contribution in [0.15, 0.2) is 6.07 Å². The Morgan fingerprint density at radius 2 is 2.20 bits per heavy atom. The second-order valence-electron chi connectivity index (χ2n) is 1.60. The van der Waals surface area contributed by atoms with E-state index in [1.165, 1.54) is 6.07 Å². The van der Waals surface area contributed by atoms with Gasteiger partial charge in [0.1, 0.15) is 4.34 Å². The van der Waals surface area contributed by atoms with Crippen molar-refractivity contribution >= 4 is 40.4 Å². The molecule has 0 radical (unpaired) electrons. The van der Waals surface area contributed by atoms with Crippen LogP contribution in [0.3, 0.4) is 0 Å². The summed E-state index contributed by atoms with van der Waals surface area (Å²) in [4.78, 5) is 10.5. The maximum absolute atomic E-state index is 10.5. The quantitative estimate of drug-likeness (QED) is 0.734. The Hall–Kier alpha value is -0.250. The van der Waals surface area contributed by atoms with Crippen LogP contribution in [-0.4, -0.2) is 5.91 Å². The molecule has 0 aliphatic rings. The number of carbonyl (C=O) groups excluding carboxylic acids is 1. The number of rotatable bonds is 1. The van der Waals surface area contributed by atoms with Crippen molar-refractivity contribution in [3.05, 3.63) is 20.3 Å². The minimum atomic E-state index is -0.548. The Bertz CT molecular complexity index is 271. The zero-order valence-corrected chi connectivity index (χ0v) is 7.06. The Balaban J connectivity index is 3.15. The summed E-state index contributed by atoms with van der Waals surface area (Å²) in [5, 5.41) is 0. The van der Waals surface area contributed by atoms with Gasteiger partial charge >= 0.3 is 0 Å².